The summed E-state index contributed by atoms with van der Waals surface area (Å²) >= 11 is 0. The van der Waals surface area contributed by atoms with Crippen LogP contribution < -0.4 is 20.9 Å². The van der Waals surface area contributed by atoms with Crippen molar-refractivity contribution >= 4 is 29.1 Å². The van der Waals surface area contributed by atoms with E-state index in [0.29, 0.717) is 18.9 Å². The van der Waals surface area contributed by atoms with Crippen LogP contribution in [0.25, 0.3) is 0 Å². The van der Waals surface area contributed by atoms with Crippen molar-refractivity contribution in [2.24, 2.45) is 11.8 Å². The van der Waals surface area contributed by atoms with E-state index in [0.717, 1.165) is 36.1 Å². The summed E-state index contributed by atoms with van der Waals surface area (Å²) in [6.07, 6.45) is 6.25. The van der Waals surface area contributed by atoms with E-state index in [4.69, 9.17) is 0 Å². The van der Waals surface area contributed by atoms with Crippen molar-refractivity contribution < 1.29 is 9.59 Å². The van der Waals surface area contributed by atoms with E-state index in [1.54, 1.807) is 6.20 Å². The van der Waals surface area contributed by atoms with E-state index >= 15 is 0 Å². The maximum atomic E-state index is 12.1. The zero-order chi connectivity index (χ0) is 20.9. The topological polar surface area (TPSA) is 99.3 Å². The van der Waals surface area contributed by atoms with E-state index in [1.165, 1.54) is 12.8 Å². The third kappa shape index (κ3) is 5.06. The van der Waals surface area contributed by atoms with Crippen molar-refractivity contribution in [1.29, 1.82) is 0 Å². The Bertz CT molecular complexity index is 876. The molecule has 30 heavy (non-hydrogen) atoms. The molecular formula is C22H28N6O2. The monoisotopic (exact) mass is 408 g/mol. The number of aromatic nitrogens is 2. The first kappa shape index (κ1) is 20.1. The molecule has 2 fully saturated rings. The molecule has 0 radical (unpaired) electrons. The number of benzene rings is 1. The van der Waals surface area contributed by atoms with Crippen LogP contribution in [0.3, 0.4) is 0 Å². The number of hydrogen-bond acceptors (Lipinski definition) is 6. The van der Waals surface area contributed by atoms with Gasteiger partial charge in [0.2, 0.25) is 11.8 Å². The number of anilines is 3. The fraction of sp³-hybridized carbons (Fsp3) is 0.455. The summed E-state index contributed by atoms with van der Waals surface area (Å²) in [5, 5.41) is 8.83. The van der Waals surface area contributed by atoms with Gasteiger partial charge >= 0.3 is 0 Å². The Balaban J connectivity index is 1.27. The number of nitrogens with one attached hydrogen (secondary N) is 3. The van der Waals surface area contributed by atoms with E-state index < -0.39 is 0 Å². The Hall–Kier alpha value is -3.16. The Labute approximate surface area is 176 Å². The summed E-state index contributed by atoms with van der Waals surface area (Å²) < 4.78 is 0. The van der Waals surface area contributed by atoms with Gasteiger partial charge in [-0.05, 0) is 36.5 Å². The van der Waals surface area contributed by atoms with Gasteiger partial charge < -0.3 is 20.9 Å². The predicted molar refractivity (Wildman–Crippen MR) is 115 cm³/mol. The van der Waals surface area contributed by atoms with Gasteiger partial charge in [-0.25, -0.2) is 9.97 Å². The first-order chi connectivity index (χ1) is 14.6. The second-order valence-electron chi connectivity index (χ2n) is 8.17. The molecule has 1 aromatic carbocycles. The molecule has 4 rings (SSSR count). The van der Waals surface area contributed by atoms with Gasteiger partial charge in [-0.1, -0.05) is 19.1 Å². The molecule has 1 unspecified atom stereocenters. The third-order valence-corrected chi connectivity index (χ3v) is 5.79. The van der Waals surface area contributed by atoms with Gasteiger partial charge in [-0.15, -0.1) is 0 Å². The van der Waals surface area contributed by atoms with Gasteiger partial charge in [0.15, 0.2) is 0 Å². The van der Waals surface area contributed by atoms with Gasteiger partial charge in [-0.2, -0.15) is 0 Å². The fourth-order valence-corrected chi connectivity index (χ4v) is 3.76. The zero-order valence-electron chi connectivity index (χ0n) is 17.2. The van der Waals surface area contributed by atoms with Crippen LogP contribution in [0.4, 0.5) is 17.3 Å². The van der Waals surface area contributed by atoms with Crippen molar-refractivity contribution in [1.82, 2.24) is 20.6 Å². The van der Waals surface area contributed by atoms with Gasteiger partial charge in [0.05, 0.1) is 18.3 Å². The first-order valence-corrected chi connectivity index (χ1v) is 10.5. The number of amides is 2. The van der Waals surface area contributed by atoms with Crippen LogP contribution in [-0.2, 0) is 16.1 Å². The molecule has 2 saturated heterocycles. The van der Waals surface area contributed by atoms with Crippen molar-refractivity contribution in [2.45, 2.75) is 32.7 Å². The molecule has 1 aromatic heterocycles. The molecule has 1 atom stereocenters. The Morgan fingerprint density at radius 3 is 2.57 bits per heavy atom. The van der Waals surface area contributed by atoms with Crippen molar-refractivity contribution in [3.05, 3.63) is 42.2 Å². The van der Waals surface area contributed by atoms with Gasteiger partial charge in [0.25, 0.3) is 0 Å². The number of piperidine rings is 1. The minimum atomic E-state index is -0.270. The number of rotatable bonds is 6. The van der Waals surface area contributed by atoms with Crippen LogP contribution in [0.15, 0.2) is 36.7 Å². The molecule has 2 amide bonds. The van der Waals surface area contributed by atoms with Gasteiger partial charge in [-0.3, -0.25) is 9.59 Å². The van der Waals surface area contributed by atoms with E-state index in [2.05, 4.69) is 37.7 Å². The fourth-order valence-electron chi connectivity index (χ4n) is 3.76. The molecule has 158 valence electrons. The molecule has 2 aromatic rings. The molecule has 3 heterocycles. The largest absolute Gasteiger partial charge is 0.355 e. The van der Waals surface area contributed by atoms with Crippen molar-refractivity contribution in [3.63, 3.8) is 0 Å². The van der Waals surface area contributed by atoms with Crippen LogP contribution in [0.5, 0.6) is 0 Å². The number of nitrogens with zero attached hydrogens (tertiary/aromatic N) is 3. The normalized spacial score (nSPS) is 19.4. The second kappa shape index (κ2) is 9.11. The standard InChI is InChI=1S/C22H28N6O2/c1-15-6-8-28(9-7-15)20-14-23-19(13-24-20)27-18-4-2-16(3-5-18)11-26-22(30)17-10-21(29)25-12-17/h2-5,13-15,17H,6-12H2,1H3,(H,23,27)(H,25,29)(H,26,30). The lowest BCUT2D eigenvalue weighted by molar-refractivity contribution is -0.126. The van der Waals surface area contributed by atoms with Crippen LogP contribution in [0.2, 0.25) is 0 Å². The van der Waals surface area contributed by atoms with Crippen LogP contribution >= 0.6 is 0 Å². The lowest BCUT2D eigenvalue weighted by Crippen LogP contribution is -2.33. The molecule has 2 aliphatic heterocycles. The highest BCUT2D eigenvalue weighted by molar-refractivity contribution is 5.89. The van der Waals surface area contributed by atoms with E-state index in [1.807, 2.05) is 30.5 Å². The van der Waals surface area contributed by atoms with Crippen molar-refractivity contribution in [2.75, 3.05) is 29.9 Å². The number of carbonyl (C=O) groups excluding carboxylic acids is 2. The smallest absolute Gasteiger partial charge is 0.225 e. The third-order valence-electron chi connectivity index (χ3n) is 5.79. The molecule has 0 aliphatic carbocycles. The summed E-state index contributed by atoms with van der Waals surface area (Å²) in [5.41, 5.74) is 1.90. The highest BCUT2D eigenvalue weighted by Gasteiger charge is 2.27. The summed E-state index contributed by atoms with van der Waals surface area (Å²) in [4.78, 5) is 34.7. The number of hydrogen-bond donors (Lipinski definition) is 3. The molecule has 8 heteroatoms. The summed E-state index contributed by atoms with van der Waals surface area (Å²) in [5.74, 6) is 1.99. The Morgan fingerprint density at radius 1 is 1.17 bits per heavy atom. The first-order valence-electron chi connectivity index (χ1n) is 10.5. The summed E-state index contributed by atoms with van der Waals surface area (Å²) in [7, 11) is 0. The maximum Gasteiger partial charge on any atom is 0.225 e. The number of carbonyl (C=O) groups is 2. The van der Waals surface area contributed by atoms with Gasteiger partial charge in [0.1, 0.15) is 11.6 Å². The lowest BCUT2D eigenvalue weighted by atomic mass is 9.99. The van der Waals surface area contributed by atoms with Gasteiger partial charge in [0, 0.05) is 38.3 Å². The quantitative estimate of drug-likeness (QED) is 0.678. The van der Waals surface area contributed by atoms with E-state index in [-0.39, 0.29) is 24.2 Å². The highest BCUT2D eigenvalue weighted by atomic mass is 16.2. The molecule has 0 bridgehead atoms. The molecular weight excluding hydrogens is 380 g/mol. The van der Waals surface area contributed by atoms with Crippen LogP contribution in [-0.4, -0.2) is 41.4 Å². The average molecular weight is 409 g/mol. The molecule has 3 N–H and O–H groups in total. The van der Waals surface area contributed by atoms with Crippen LogP contribution in [0.1, 0.15) is 31.7 Å². The lowest BCUT2D eigenvalue weighted by Gasteiger charge is -2.30. The summed E-state index contributed by atoms with van der Waals surface area (Å²) in [6.45, 7) is 5.23. The second-order valence-corrected chi connectivity index (χ2v) is 8.17. The minimum Gasteiger partial charge on any atom is -0.355 e. The SMILES string of the molecule is CC1CCN(c2cnc(Nc3ccc(CNC(=O)C4CNC(=O)C4)cc3)cn2)CC1. The zero-order valence-corrected chi connectivity index (χ0v) is 17.2. The maximum absolute atomic E-state index is 12.1. The summed E-state index contributed by atoms with van der Waals surface area (Å²) in [6, 6.07) is 7.81. The van der Waals surface area contributed by atoms with Crippen molar-refractivity contribution in [3.8, 4) is 0 Å². The molecule has 8 nitrogen and oxygen atoms in total. The Kier molecular flexibility index (Phi) is 6.11. The van der Waals surface area contributed by atoms with E-state index in [9.17, 15) is 9.59 Å². The van der Waals surface area contributed by atoms with Crippen LogP contribution in [0, 0.1) is 11.8 Å². The molecule has 2 aliphatic rings. The molecule has 0 spiro atoms. The molecule has 0 saturated carbocycles. The average Bonchev–Trinajstić information content (AvgIpc) is 3.21. The Morgan fingerprint density at radius 2 is 1.93 bits per heavy atom. The highest BCUT2D eigenvalue weighted by Crippen LogP contribution is 2.22. The minimum absolute atomic E-state index is 0.0627. The predicted octanol–water partition coefficient (Wildman–Crippen LogP) is 2.21.